The molecule has 1 amide bonds. The number of halogens is 2. The molecule has 0 aliphatic carbocycles. The number of carbonyl (C=O) groups is 1. The summed E-state index contributed by atoms with van der Waals surface area (Å²) in [5, 5.41) is 11.8. The van der Waals surface area contributed by atoms with Gasteiger partial charge in [0.2, 0.25) is 5.91 Å². The van der Waals surface area contributed by atoms with Gasteiger partial charge in [-0.15, -0.1) is 10.2 Å². The molecular weight excluding hydrogens is 466 g/mol. The molecular formula is C23H24F2N4O4S. The number of alkyl halides is 2. The molecule has 1 saturated heterocycles. The first-order valence-corrected chi connectivity index (χ1v) is 11.7. The molecule has 11 heteroatoms. The highest BCUT2D eigenvalue weighted by molar-refractivity contribution is 7.99. The summed E-state index contributed by atoms with van der Waals surface area (Å²) in [6.07, 6.45) is 1.97. The van der Waals surface area contributed by atoms with E-state index in [9.17, 15) is 13.6 Å². The van der Waals surface area contributed by atoms with Crippen molar-refractivity contribution in [1.82, 2.24) is 14.8 Å². The van der Waals surface area contributed by atoms with Crippen molar-refractivity contribution >= 4 is 23.4 Å². The maximum atomic E-state index is 12.6. The monoisotopic (exact) mass is 490 g/mol. The van der Waals surface area contributed by atoms with Gasteiger partial charge in [0.1, 0.15) is 11.5 Å². The highest BCUT2D eigenvalue weighted by Gasteiger charge is 2.22. The van der Waals surface area contributed by atoms with Crippen molar-refractivity contribution in [2.75, 3.05) is 24.8 Å². The molecule has 0 saturated carbocycles. The van der Waals surface area contributed by atoms with Crippen LogP contribution in [0.25, 0.3) is 11.4 Å². The van der Waals surface area contributed by atoms with Crippen LogP contribution < -0.4 is 14.8 Å². The summed E-state index contributed by atoms with van der Waals surface area (Å²) in [4.78, 5) is 12.6. The Kier molecular flexibility index (Phi) is 7.96. The Morgan fingerprint density at radius 1 is 1.24 bits per heavy atom. The Morgan fingerprint density at radius 2 is 2.03 bits per heavy atom. The third kappa shape index (κ3) is 6.03. The number of anilines is 1. The van der Waals surface area contributed by atoms with Crippen LogP contribution in [0.1, 0.15) is 12.8 Å². The standard InChI is InChI=1S/C23H24F2N4O4S/c1-31-16-10-8-15(9-11-16)21-27-28-23(29(21)13-17-5-4-12-32-17)34-14-20(30)26-18-6-2-3-7-19(18)33-22(24)25/h2-3,6-11,17,22H,4-5,12-14H2,1H3,(H,26,30). The third-order valence-electron chi connectivity index (χ3n) is 5.18. The van der Waals surface area contributed by atoms with Gasteiger partial charge in [0, 0.05) is 12.2 Å². The van der Waals surface area contributed by atoms with Gasteiger partial charge < -0.3 is 19.5 Å². The van der Waals surface area contributed by atoms with Crippen LogP contribution in [0.3, 0.4) is 0 Å². The highest BCUT2D eigenvalue weighted by atomic mass is 32.2. The Labute approximate surface area is 199 Å². The number of amides is 1. The van der Waals surface area contributed by atoms with E-state index in [0.717, 1.165) is 30.8 Å². The summed E-state index contributed by atoms with van der Waals surface area (Å²) in [5.41, 5.74) is 1.04. The molecule has 2 heterocycles. The summed E-state index contributed by atoms with van der Waals surface area (Å²) in [6.45, 7) is -1.71. The van der Waals surface area contributed by atoms with Gasteiger partial charge in [-0.05, 0) is 49.2 Å². The molecule has 1 fully saturated rings. The number of hydrogen-bond acceptors (Lipinski definition) is 7. The number of para-hydroxylation sites is 2. The number of rotatable bonds is 10. The molecule has 8 nitrogen and oxygen atoms in total. The highest BCUT2D eigenvalue weighted by Crippen LogP contribution is 2.29. The summed E-state index contributed by atoms with van der Waals surface area (Å²) < 4.78 is 42.7. The van der Waals surface area contributed by atoms with Gasteiger partial charge >= 0.3 is 6.61 Å². The predicted molar refractivity (Wildman–Crippen MR) is 123 cm³/mol. The predicted octanol–water partition coefficient (Wildman–Crippen LogP) is 4.46. The molecule has 0 radical (unpaired) electrons. The largest absolute Gasteiger partial charge is 0.497 e. The van der Waals surface area contributed by atoms with Crippen LogP contribution in [-0.2, 0) is 16.1 Å². The van der Waals surface area contributed by atoms with E-state index >= 15 is 0 Å². The number of nitrogens with zero attached hydrogens (tertiary/aromatic N) is 3. The van der Waals surface area contributed by atoms with Crippen LogP contribution in [-0.4, -0.2) is 52.9 Å². The van der Waals surface area contributed by atoms with Crippen LogP contribution in [0.15, 0.2) is 53.7 Å². The van der Waals surface area contributed by atoms with Crippen molar-refractivity contribution in [1.29, 1.82) is 0 Å². The van der Waals surface area contributed by atoms with E-state index in [1.165, 1.54) is 23.9 Å². The SMILES string of the molecule is COc1ccc(-c2nnc(SCC(=O)Nc3ccccc3OC(F)F)n2CC2CCCO2)cc1. The fourth-order valence-corrected chi connectivity index (χ4v) is 4.34. The van der Waals surface area contributed by atoms with Gasteiger partial charge in [-0.1, -0.05) is 23.9 Å². The first-order chi connectivity index (χ1) is 16.5. The van der Waals surface area contributed by atoms with Gasteiger partial charge in [0.15, 0.2) is 11.0 Å². The zero-order valence-corrected chi connectivity index (χ0v) is 19.3. The lowest BCUT2D eigenvalue weighted by Gasteiger charge is -2.15. The molecule has 1 aliphatic heterocycles. The third-order valence-corrected chi connectivity index (χ3v) is 6.15. The van der Waals surface area contributed by atoms with Crippen molar-refractivity contribution in [2.24, 2.45) is 0 Å². The Balaban J connectivity index is 1.49. The Morgan fingerprint density at radius 3 is 2.74 bits per heavy atom. The quantitative estimate of drug-likeness (QED) is 0.420. The molecule has 2 aromatic carbocycles. The number of nitrogens with one attached hydrogen (secondary N) is 1. The maximum absolute atomic E-state index is 12.6. The second-order valence-corrected chi connectivity index (χ2v) is 8.43. The summed E-state index contributed by atoms with van der Waals surface area (Å²) >= 11 is 1.21. The number of carbonyl (C=O) groups excluding carboxylic acids is 1. The van der Waals surface area contributed by atoms with E-state index < -0.39 is 6.61 Å². The smallest absolute Gasteiger partial charge is 0.387 e. The minimum atomic E-state index is -2.99. The lowest BCUT2D eigenvalue weighted by atomic mass is 10.2. The topological polar surface area (TPSA) is 87.5 Å². The molecule has 4 rings (SSSR count). The number of thioether (sulfide) groups is 1. The van der Waals surface area contributed by atoms with Crippen molar-refractivity contribution < 1.29 is 27.8 Å². The number of hydrogen-bond donors (Lipinski definition) is 1. The molecule has 1 atom stereocenters. The minimum absolute atomic E-state index is 0.00921. The van der Waals surface area contributed by atoms with E-state index in [2.05, 4.69) is 20.3 Å². The summed E-state index contributed by atoms with van der Waals surface area (Å²) in [5.74, 6) is 0.926. The molecule has 34 heavy (non-hydrogen) atoms. The molecule has 1 unspecified atom stereocenters. The maximum Gasteiger partial charge on any atom is 0.387 e. The average molecular weight is 491 g/mol. The molecule has 1 aliphatic rings. The fourth-order valence-electron chi connectivity index (χ4n) is 3.59. The van der Waals surface area contributed by atoms with E-state index in [0.29, 0.717) is 17.5 Å². The van der Waals surface area contributed by atoms with Crippen LogP contribution in [0.4, 0.5) is 14.5 Å². The fraction of sp³-hybridized carbons (Fsp3) is 0.348. The Hall–Kier alpha value is -3.18. The molecule has 180 valence electrons. The molecule has 0 bridgehead atoms. The van der Waals surface area contributed by atoms with Crippen LogP contribution >= 0.6 is 11.8 Å². The van der Waals surface area contributed by atoms with Crippen molar-refractivity contribution in [3.8, 4) is 22.9 Å². The molecule has 1 N–H and O–H groups in total. The number of ether oxygens (including phenoxy) is 3. The molecule has 0 spiro atoms. The zero-order valence-electron chi connectivity index (χ0n) is 18.4. The lowest BCUT2D eigenvalue weighted by Crippen LogP contribution is -2.18. The minimum Gasteiger partial charge on any atom is -0.497 e. The van der Waals surface area contributed by atoms with Crippen molar-refractivity contribution in [3.63, 3.8) is 0 Å². The number of methoxy groups -OCH3 is 1. The van der Waals surface area contributed by atoms with Crippen molar-refractivity contribution in [2.45, 2.75) is 37.3 Å². The van der Waals surface area contributed by atoms with Crippen molar-refractivity contribution in [3.05, 3.63) is 48.5 Å². The first-order valence-electron chi connectivity index (χ1n) is 10.7. The van der Waals surface area contributed by atoms with Gasteiger partial charge in [-0.3, -0.25) is 9.36 Å². The van der Waals surface area contributed by atoms with E-state index in [4.69, 9.17) is 9.47 Å². The normalized spacial score (nSPS) is 15.5. The van der Waals surface area contributed by atoms with Gasteiger partial charge in [0.25, 0.3) is 0 Å². The van der Waals surface area contributed by atoms with Crippen LogP contribution in [0.5, 0.6) is 11.5 Å². The second kappa shape index (κ2) is 11.3. The second-order valence-electron chi connectivity index (χ2n) is 7.49. The van der Waals surface area contributed by atoms with Crippen LogP contribution in [0.2, 0.25) is 0 Å². The molecule has 1 aromatic heterocycles. The number of benzene rings is 2. The van der Waals surface area contributed by atoms with Gasteiger partial charge in [0.05, 0.1) is 31.2 Å². The van der Waals surface area contributed by atoms with Gasteiger partial charge in [-0.25, -0.2) is 0 Å². The van der Waals surface area contributed by atoms with Gasteiger partial charge in [-0.2, -0.15) is 8.78 Å². The zero-order chi connectivity index (χ0) is 23.9. The lowest BCUT2D eigenvalue weighted by molar-refractivity contribution is -0.113. The number of aromatic nitrogens is 3. The van der Waals surface area contributed by atoms with E-state index in [1.54, 1.807) is 19.2 Å². The average Bonchev–Trinajstić information content (AvgIpc) is 3.49. The summed E-state index contributed by atoms with van der Waals surface area (Å²) in [6, 6.07) is 13.5. The van der Waals surface area contributed by atoms with E-state index in [-0.39, 0.29) is 29.2 Å². The molecule has 3 aromatic rings. The summed E-state index contributed by atoms with van der Waals surface area (Å²) in [7, 11) is 1.60. The Bertz CT molecular complexity index is 1100. The van der Waals surface area contributed by atoms with E-state index in [1.807, 2.05) is 28.8 Å². The van der Waals surface area contributed by atoms with Crippen LogP contribution in [0, 0.1) is 0 Å². The first kappa shape index (κ1) is 24.0.